The molecule has 0 heterocycles. The van der Waals surface area contributed by atoms with Crippen molar-refractivity contribution in [1.82, 2.24) is 0 Å². The number of hydrogen-bond donors (Lipinski definition) is 1. The Labute approximate surface area is 109 Å². The van der Waals surface area contributed by atoms with Gasteiger partial charge in [0.25, 0.3) is 0 Å². The minimum atomic E-state index is 0.136. The van der Waals surface area contributed by atoms with E-state index in [1.54, 1.807) is 6.07 Å². The maximum Gasteiger partial charge on any atom is 0.123 e. The molecule has 0 aliphatic heterocycles. The van der Waals surface area contributed by atoms with Crippen molar-refractivity contribution in [3.63, 3.8) is 0 Å². The molecule has 1 heteroatoms. The van der Waals surface area contributed by atoms with Crippen molar-refractivity contribution < 1.29 is 5.11 Å². The van der Waals surface area contributed by atoms with Crippen LogP contribution in [0.2, 0.25) is 0 Å². The summed E-state index contributed by atoms with van der Waals surface area (Å²) in [7, 11) is 0. The summed E-state index contributed by atoms with van der Waals surface area (Å²) < 4.78 is 0. The summed E-state index contributed by atoms with van der Waals surface area (Å²) in [6, 6.07) is 15.9. The minimum Gasteiger partial charge on any atom is -0.507 e. The van der Waals surface area contributed by atoms with Crippen LogP contribution in [0.1, 0.15) is 32.8 Å². The van der Waals surface area contributed by atoms with E-state index in [0.29, 0.717) is 5.75 Å². The second-order valence-corrected chi connectivity index (χ2v) is 5.34. The highest BCUT2D eigenvalue weighted by Crippen LogP contribution is 2.35. The molecule has 2 aromatic carbocycles. The summed E-state index contributed by atoms with van der Waals surface area (Å²) in [5.41, 5.74) is 3.37. The molecule has 94 valence electrons. The third kappa shape index (κ3) is 2.40. The van der Waals surface area contributed by atoms with E-state index in [4.69, 9.17) is 0 Å². The number of phenols is 1. The van der Waals surface area contributed by atoms with Gasteiger partial charge in [-0.25, -0.2) is 0 Å². The van der Waals surface area contributed by atoms with Crippen LogP contribution < -0.4 is 0 Å². The average molecular weight is 240 g/mol. The Morgan fingerprint density at radius 3 is 2.28 bits per heavy atom. The molecular weight excluding hydrogens is 220 g/mol. The van der Waals surface area contributed by atoms with Crippen molar-refractivity contribution in [3.8, 4) is 16.9 Å². The lowest BCUT2D eigenvalue weighted by Gasteiger charge is -2.24. The Morgan fingerprint density at radius 2 is 1.67 bits per heavy atom. The van der Waals surface area contributed by atoms with Crippen molar-refractivity contribution in [1.29, 1.82) is 0 Å². The molecule has 0 unspecified atom stereocenters. The monoisotopic (exact) mass is 240 g/mol. The highest BCUT2D eigenvalue weighted by Gasteiger charge is 2.19. The molecule has 18 heavy (non-hydrogen) atoms. The van der Waals surface area contributed by atoms with E-state index < -0.39 is 0 Å². The second-order valence-electron chi connectivity index (χ2n) is 5.34. The van der Waals surface area contributed by atoms with Crippen molar-refractivity contribution in [3.05, 3.63) is 54.1 Å². The summed E-state index contributed by atoms with van der Waals surface area (Å²) in [4.78, 5) is 0. The van der Waals surface area contributed by atoms with Gasteiger partial charge in [0.15, 0.2) is 0 Å². The Bertz CT molecular complexity index is 527. The van der Waals surface area contributed by atoms with E-state index in [9.17, 15) is 5.11 Å². The summed E-state index contributed by atoms with van der Waals surface area (Å²) in [6.07, 6.45) is 1.08. The van der Waals surface area contributed by atoms with Crippen LogP contribution in [0.5, 0.6) is 5.75 Å². The Hall–Kier alpha value is -1.76. The van der Waals surface area contributed by atoms with Gasteiger partial charge >= 0.3 is 0 Å². The van der Waals surface area contributed by atoms with Gasteiger partial charge in [-0.05, 0) is 35.1 Å². The molecule has 0 radical (unpaired) electrons. The molecule has 0 amide bonds. The van der Waals surface area contributed by atoms with Gasteiger partial charge in [0, 0.05) is 5.56 Å². The van der Waals surface area contributed by atoms with E-state index in [2.05, 4.69) is 26.8 Å². The summed E-state index contributed by atoms with van der Waals surface area (Å²) >= 11 is 0. The fraction of sp³-hybridized carbons (Fsp3) is 0.294. The van der Waals surface area contributed by atoms with Crippen molar-refractivity contribution >= 4 is 0 Å². The molecular formula is C17H20O. The molecule has 1 N–H and O–H groups in total. The van der Waals surface area contributed by atoms with E-state index in [1.807, 2.05) is 36.4 Å². The van der Waals surface area contributed by atoms with Crippen LogP contribution in [0.25, 0.3) is 11.1 Å². The molecule has 0 spiro atoms. The summed E-state index contributed by atoms with van der Waals surface area (Å²) in [5.74, 6) is 0.344. The smallest absolute Gasteiger partial charge is 0.123 e. The predicted octanol–water partition coefficient (Wildman–Crippen LogP) is 4.75. The first-order valence-electron chi connectivity index (χ1n) is 6.43. The molecule has 0 aliphatic rings. The summed E-state index contributed by atoms with van der Waals surface area (Å²) in [6.45, 7) is 6.65. The van der Waals surface area contributed by atoms with Gasteiger partial charge in [0.1, 0.15) is 5.75 Å². The second kappa shape index (κ2) is 4.85. The molecule has 1 nitrogen and oxygen atoms in total. The Morgan fingerprint density at radius 1 is 1.00 bits per heavy atom. The number of benzene rings is 2. The third-order valence-corrected chi connectivity index (χ3v) is 3.75. The highest BCUT2D eigenvalue weighted by molar-refractivity contribution is 5.71. The third-order valence-electron chi connectivity index (χ3n) is 3.75. The van der Waals surface area contributed by atoms with Crippen LogP contribution in [0.4, 0.5) is 0 Å². The van der Waals surface area contributed by atoms with Crippen LogP contribution in [0.15, 0.2) is 48.5 Å². The van der Waals surface area contributed by atoms with E-state index in [-0.39, 0.29) is 5.41 Å². The number of aromatic hydroxyl groups is 1. The largest absolute Gasteiger partial charge is 0.507 e. The highest BCUT2D eigenvalue weighted by atomic mass is 16.3. The fourth-order valence-corrected chi connectivity index (χ4v) is 2.01. The lowest BCUT2D eigenvalue weighted by molar-refractivity contribution is 0.473. The van der Waals surface area contributed by atoms with Gasteiger partial charge in [0.05, 0.1) is 0 Å². The van der Waals surface area contributed by atoms with Gasteiger partial charge in [-0.1, -0.05) is 57.2 Å². The van der Waals surface area contributed by atoms with E-state index >= 15 is 0 Å². The molecule has 0 aromatic heterocycles. The average Bonchev–Trinajstić information content (AvgIpc) is 2.40. The fourth-order valence-electron chi connectivity index (χ4n) is 2.01. The van der Waals surface area contributed by atoms with Crippen molar-refractivity contribution in [2.45, 2.75) is 32.6 Å². The predicted molar refractivity (Wildman–Crippen MR) is 76.9 cm³/mol. The van der Waals surface area contributed by atoms with Crippen LogP contribution in [-0.2, 0) is 5.41 Å². The van der Waals surface area contributed by atoms with Crippen LogP contribution in [-0.4, -0.2) is 5.11 Å². The number of rotatable bonds is 3. The number of phenolic OH excluding ortho intramolecular Hbond substituents is 1. The lowest BCUT2D eigenvalue weighted by Crippen LogP contribution is -2.15. The van der Waals surface area contributed by atoms with Crippen molar-refractivity contribution in [2.75, 3.05) is 0 Å². The van der Waals surface area contributed by atoms with E-state index in [1.165, 1.54) is 5.56 Å². The maximum absolute atomic E-state index is 10.0. The number of hydrogen-bond acceptors (Lipinski definition) is 1. The minimum absolute atomic E-state index is 0.136. The molecule has 0 saturated carbocycles. The van der Waals surface area contributed by atoms with E-state index in [0.717, 1.165) is 17.5 Å². The van der Waals surface area contributed by atoms with Gasteiger partial charge in [-0.15, -0.1) is 0 Å². The van der Waals surface area contributed by atoms with Gasteiger partial charge in [0.2, 0.25) is 0 Å². The van der Waals surface area contributed by atoms with Crippen LogP contribution in [0.3, 0.4) is 0 Å². The van der Waals surface area contributed by atoms with Crippen LogP contribution >= 0.6 is 0 Å². The zero-order valence-electron chi connectivity index (χ0n) is 11.3. The Kier molecular flexibility index (Phi) is 3.42. The van der Waals surface area contributed by atoms with Gasteiger partial charge in [-0.2, -0.15) is 0 Å². The SMILES string of the molecule is CCC(C)(C)c1ccc(O)c(-c2ccccc2)c1. The van der Waals surface area contributed by atoms with Crippen molar-refractivity contribution in [2.24, 2.45) is 0 Å². The summed E-state index contributed by atoms with van der Waals surface area (Å²) in [5, 5.41) is 10.0. The first-order valence-corrected chi connectivity index (χ1v) is 6.43. The molecule has 0 atom stereocenters. The zero-order chi connectivity index (χ0) is 13.2. The molecule has 0 fully saturated rings. The van der Waals surface area contributed by atoms with Gasteiger partial charge < -0.3 is 5.11 Å². The molecule has 0 saturated heterocycles. The zero-order valence-corrected chi connectivity index (χ0v) is 11.3. The maximum atomic E-state index is 10.0. The quantitative estimate of drug-likeness (QED) is 0.821. The van der Waals surface area contributed by atoms with Crippen LogP contribution in [0, 0.1) is 0 Å². The standard InChI is InChI=1S/C17H20O/c1-4-17(2,3)14-10-11-16(18)15(12-14)13-8-6-5-7-9-13/h5-12,18H,4H2,1-3H3. The molecule has 0 bridgehead atoms. The molecule has 2 aromatic rings. The molecule has 0 aliphatic carbocycles. The topological polar surface area (TPSA) is 20.2 Å². The Balaban J connectivity index is 2.52. The first kappa shape index (κ1) is 12.7. The first-order chi connectivity index (χ1) is 8.54. The normalized spacial score (nSPS) is 11.5. The van der Waals surface area contributed by atoms with Gasteiger partial charge in [-0.3, -0.25) is 0 Å². The lowest BCUT2D eigenvalue weighted by atomic mass is 9.81. The molecule has 2 rings (SSSR count).